The van der Waals surface area contributed by atoms with E-state index in [1.807, 2.05) is 12.2 Å². The van der Waals surface area contributed by atoms with Crippen molar-refractivity contribution in [2.24, 2.45) is 5.92 Å². The Morgan fingerprint density at radius 2 is 2.13 bits per heavy atom. The zero-order valence-electron chi connectivity index (χ0n) is 13.1. The van der Waals surface area contributed by atoms with Crippen LogP contribution in [0.4, 0.5) is 4.79 Å². The number of carbonyl (C=O) groups excluding carboxylic acids is 2. The van der Waals surface area contributed by atoms with E-state index in [-0.39, 0.29) is 11.9 Å². The number of hydrogen-bond acceptors (Lipinski definition) is 3. The third-order valence-electron chi connectivity index (χ3n) is 4.59. The SMILES string of the molecule is CN1C(=O)c2c3/c(oc2=[N+](C)C1=O)=C\C1CC=CC=C(/C=C\3)C1. The van der Waals surface area contributed by atoms with Gasteiger partial charge in [0, 0.05) is 5.56 Å². The number of allylic oxidation sites excluding steroid dienone is 5. The number of urea groups is 1. The van der Waals surface area contributed by atoms with Crippen molar-refractivity contribution in [2.75, 3.05) is 14.1 Å². The molecule has 0 N–H and O–H groups in total. The molecule has 1 aromatic rings. The number of furan rings is 1. The zero-order valence-corrected chi connectivity index (χ0v) is 13.1. The highest BCUT2D eigenvalue weighted by Gasteiger charge is 2.40. The first-order valence-corrected chi connectivity index (χ1v) is 7.67. The van der Waals surface area contributed by atoms with Gasteiger partial charge in [-0.25, -0.2) is 4.79 Å². The molecule has 2 aliphatic carbocycles. The van der Waals surface area contributed by atoms with Gasteiger partial charge in [-0.1, -0.05) is 24.3 Å². The molecule has 0 fully saturated rings. The van der Waals surface area contributed by atoms with Crippen LogP contribution < -0.4 is 15.5 Å². The molecule has 0 spiro atoms. The summed E-state index contributed by atoms with van der Waals surface area (Å²) in [5.41, 5.74) is 3.45. The first-order valence-electron chi connectivity index (χ1n) is 7.67. The fraction of sp³-hybridized carbons (Fsp3) is 0.278. The Hall–Kier alpha value is -2.69. The molecule has 4 rings (SSSR count). The molecule has 116 valence electrons. The molecule has 3 aliphatic rings. The zero-order chi connectivity index (χ0) is 16.1. The van der Waals surface area contributed by atoms with Crippen molar-refractivity contribution < 1.29 is 14.0 Å². The highest BCUT2D eigenvalue weighted by Crippen LogP contribution is 2.25. The van der Waals surface area contributed by atoms with Crippen LogP contribution in [0.5, 0.6) is 0 Å². The van der Waals surface area contributed by atoms with Crippen molar-refractivity contribution in [3.05, 3.63) is 52.0 Å². The Bertz CT molecular complexity index is 944. The van der Waals surface area contributed by atoms with E-state index in [1.165, 1.54) is 17.2 Å². The molecule has 2 bridgehead atoms. The number of fused-ring (bicyclic) bond motifs is 5. The summed E-state index contributed by atoms with van der Waals surface area (Å²) in [4.78, 5) is 25.8. The second-order valence-electron chi connectivity index (χ2n) is 6.14. The summed E-state index contributed by atoms with van der Waals surface area (Å²) in [5.74, 6) is 0.00643. The Kier molecular flexibility index (Phi) is 2.98. The van der Waals surface area contributed by atoms with Gasteiger partial charge < -0.3 is 4.42 Å². The van der Waals surface area contributed by atoms with Crippen LogP contribution in [0.1, 0.15) is 28.8 Å². The summed E-state index contributed by atoms with van der Waals surface area (Å²) in [5, 5.41) is 0. The molecular weight excluding hydrogens is 292 g/mol. The van der Waals surface area contributed by atoms with Crippen molar-refractivity contribution in [3.63, 3.8) is 0 Å². The standard InChI is InChI=1S/C18H17N2O3/c1-19-16(21)15-13-8-7-11-5-3-4-6-12(9-11)10-14(13)23-17(15)20(2)18(19)22/h3-5,7-8,10,12H,6,9H2,1-2H3/q+1/b8-7-,14-10+. The molecule has 2 heterocycles. The quantitative estimate of drug-likeness (QED) is 0.679. The lowest BCUT2D eigenvalue weighted by molar-refractivity contribution is 0.0808. The lowest BCUT2D eigenvalue weighted by Crippen LogP contribution is -2.51. The topological polar surface area (TPSA) is 53.5 Å². The Labute approximate surface area is 133 Å². The van der Waals surface area contributed by atoms with Gasteiger partial charge in [0.15, 0.2) is 5.56 Å². The fourth-order valence-electron chi connectivity index (χ4n) is 3.30. The Morgan fingerprint density at radius 3 is 2.96 bits per heavy atom. The molecule has 5 heteroatoms. The molecule has 1 atom stereocenters. The number of carbonyl (C=O) groups is 2. The van der Waals surface area contributed by atoms with E-state index in [9.17, 15) is 9.59 Å². The third kappa shape index (κ3) is 2.04. The summed E-state index contributed by atoms with van der Waals surface area (Å²) >= 11 is 0. The maximum Gasteiger partial charge on any atom is 0.503 e. The fourth-order valence-corrected chi connectivity index (χ4v) is 3.30. The van der Waals surface area contributed by atoms with Crippen LogP contribution in [0.15, 0.2) is 34.3 Å². The maximum atomic E-state index is 12.6. The highest BCUT2D eigenvalue weighted by atomic mass is 16.3. The predicted molar refractivity (Wildman–Crippen MR) is 86.1 cm³/mol. The molecular formula is C18H17N2O3+. The maximum absolute atomic E-state index is 12.6. The van der Waals surface area contributed by atoms with Crippen molar-refractivity contribution >= 4 is 24.1 Å². The molecule has 23 heavy (non-hydrogen) atoms. The van der Waals surface area contributed by atoms with Crippen molar-refractivity contribution in [1.29, 1.82) is 0 Å². The van der Waals surface area contributed by atoms with Crippen LogP contribution in [0, 0.1) is 5.92 Å². The molecule has 0 saturated heterocycles. The van der Waals surface area contributed by atoms with E-state index in [1.54, 1.807) is 7.05 Å². The van der Waals surface area contributed by atoms with E-state index in [2.05, 4.69) is 24.3 Å². The number of nitrogens with zero attached hydrogens (tertiary/aromatic N) is 2. The Balaban J connectivity index is 2.05. The van der Waals surface area contributed by atoms with Gasteiger partial charge in [0.2, 0.25) is 0 Å². The van der Waals surface area contributed by atoms with Gasteiger partial charge in [-0.15, -0.1) is 0 Å². The van der Waals surface area contributed by atoms with E-state index >= 15 is 0 Å². The molecule has 0 saturated carbocycles. The van der Waals surface area contributed by atoms with Gasteiger partial charge in [-0.2, -0.15) is 14.3 Å². The van der Waals surface area contributed by atoms with Crippen LogP contribution in [0.3, 0.4) is 0 Å². The molecule has 3 amide bonds. The van der Waals surface area contributed by atoms with Gasteiger partial charge in [0.05, 0.1) is 14.1 Å². The summed E-state index contributed by atoms with van der Waals surface area (Å²) in [6, 6.07) is -0.380. The average molecular weight is 309 g/mol. The van der Waals surface area contributed by atoms with Crippen LogP contribution >= 0.6 is 0 Å². The summed E-state index contributed by atoms with van der Waals surface area (Å²) < 4.78 is 7.29. The van der Waals surface area contributed by atoms with Gasteiger partial charge in [-0.3, -0.25) is 0 Å². The molecule has 0 radical (unpaired) electrons. The van der Waals surface area contributed by atoms with E-state index in [4.69, 9.17) is 4.42 Å². The monoisotopic (exact) mass is 309 g/mol. The average Bonchev–Trinajstić information content (AvgIpc) is 2.71. The van der Waals surface area contributed by atoms with Gasteiger partial charge in [0.25, 0.3) is 0 Å². The minimum atomic E-state index is -0.380. The van der Waals surface area contributed by atoms with Crippen LogP contribution in [0.25, 0.3) is 12.2 Å². The number of amides is 3. The van der Waals surface area contributed by atoms with E-state index in [0.717, 1.165) is 23.3 Å². The van der Waals surface area contributed by atoms with Crippen molar-refractivity contribution in [3.8, 4) is 0 Å². The number of hydrogen-bond donors (Lipinski definition) is 0. The normalized spacial score (nSPS) is 25.6. The first-order chi connectivity index (χ1) is 11.1. The van der Waals surface area contributed by atoms with Crippen LogP contribution in [0.2, 0.25) is 0 Å². The molecule has 1 aliphatic heterocycles. The first kappa shape index (κ1) is 13.9. The largest absolute Gasteiger partial charge is 0.503 e. The number of imide groups is 1. The minimum Gasteiger partial charge on any atom is -0.422 e. The lowest BCUT2D eigenvalue weighted by Gasteiger charge is -2.12. The van der Waals surface area contributed by atoms with Crippen molar-refractivity contribution in [1.82, 2.24) is 9.48 Å². The molecule has 5 nitrogen and oxygen atoms in total. The lowest BCUT2D eigenvalue weighted by atomic mass is 9.94. The van der Waals surface area contributed by atoms with E-state index in [0.29, 0.717) is 22.5 Å². The van der Waals surface area contributed by atoms with E-state index < -0.39 is 0 Å². The summed E-state index contributed by atoms with van der Waals surface area (Å²) in [6.45, 7) is 0. The number of rotatable bonds is 0. The van der Waals surface area contributed by atoms with Crippen LogP contribution in [-0.4, -0.2) is 30.9 Å². The molecule has 0 aromatic carbocycles. The van der Waals surface area contributed by atoms with Crippen LogP contribution in [-0.2, 0) is 0 Å². The second kappa shape index (κ2) is 4.91. The van der Waals surface area contributed by atoms with Gasteiger partial charge in [-0.05, 0) is 36.5 Å². The molecule has 1 unspecified atom stereocenters. The predicted octanol–water partition coefficient (Wildman–Crippen LogP) is 1.31. The minimum absolute atomic E-state index is 0.318. The van der Waals surface area contributed by atoms with Gasteiger partial charge >= 0.3 is 17.5 Å². The Morgan fingerprint density at radius 1 is 1.30 bits per heavy atom. The van der Waals surface area contributed by atoms with Crippen molar-refractivity contribution in [2.45, 2.75) is 12.8 Å². The second-order valence-corrected chi connectivity index (χ2v) is 6.14. The summed E-state index contributed by atoms with van der Waals surface area (Å²) in [7, 11) is 3.12. The highest BCUT2D eigenvalue weighted by molar-refractivity contribution is 6.08. The summed E-state index contributed by atoms with van der Waals surface area (Å²) in [6.07, 6.45) is 14.2. The van der Waals surface area contributed by atoms with Gasteiger partial charge in [0.1, 0.15) is 5.42 Å². The third-order valence-corrected chi connectivity index (χ3v) is 4.59. The molecule has 1 aromatic heterocycles. The smallest absolute Gasteiger partial charge is 0.422 e.